The highest BCUT2D eigenvalue weighted by molar-refractivity contribution is 5.61. The van der Waals surface area contributed by atoms with Gasteiger partial charge in [-0.05, 0) is 31.9 Å². The van der Waals surface area contributed by atoms with E-state index >= 15 is 0 Å². The predicted molar refractivity (Wildman–Crippen MR) is 60.7 cm³/mol. The lowest BCUT2D eigenvalue weighted by Crippen LogP contribution is -2.43. The highest BCUT2D eigenvalue weighted by Gasteiger charge is 2.28. The molecule has 1 saturated heterocycles. The number of nitrogen functional groups attached to an aromatic ring is 1. The third-order valence-electron chi connectivity index (χ3n) is 2.70. The van der Waals surface area contributed by atoms with Crippen molar-refractivity contribution in [3.05, 3.63) is 18.3 Å². The van der Waals surface area contributed by atoms with Crippen molar-refractivity contribution in [2.24, 2.45) is 0 Å². The van der Waals surface area contributed by atoms with Crippen LogP contribution in [-0.4, -0.2) is 23.7 Å². The van der Waals surface area contributed by atoms with Crippen molar-refractivity contribution in [2.45, 2.75) is 25.3 Å². The Labute approximate surface area is 89.8 Å². The molecule has 1 aromatic heterocycles. The Morgan fingerprint density at radius 1 is 1.60 bits per heavy atom. The van der Waals surface area contributed by atoms with Gasteiger partial charge in [0.25, 0.3) is 0 Å². The average Bonchev–Trinajstić information content (AvgIpc) is 2.22. The molecular weight excluding hydrogens is 190 g/mol. The lowest BCUT2D eigenvalue weighted by molar-refractivity contribution is 0.0539. The minimum absolute atomic E-state index is 0.0409. The summed E-state index contributed by atoms with van der Waals surface area (Å²) < 4.78 is 5.47. The van der Waals surface area contributed by atoms with Crippen LogP contribution >= 0.6 is 0 Å². The van der Waals surface area contributed by atoms with Gasteiger partial charge >= 0.3 is 0 Å². The average molecular weight is 207 g/mol. The van der Waals surface area contributed by atoms with E-state index in [1.807, 2.05) is 12.1 Å². The van der Waals surface area contributed by atoms with Gasteiger partial charge in [-0.3, -0.25) is 0 Å². The zero-order valence-electron chi connectivity index (χ0n) is 8.99. The Hall–Kier alpha value is -1.29. The molecule has 1 aromatic rings. The van der Waals surface area contributed by atoms with Crippen molar-refractivity contribution < 1.29 is 4.74 Å². The molecule has 1 aliphatic heterocycles. The third kappa shape index (κ3) is 2.39. The predicted octanol–water partition coefficient (Wildman–Crippen LogP) is 1.64. The fraction of sp³-hybridized carbons (Fsp3) is 0.545. The molecule has 0 spiro atoms. The van der Waals surface area contributed by atoms with E-state index in [4.69, 9.17) is 10.5 Å². The van der Waals surface area contributed by atoms with Crippen molar-refractivity contribution in [1.82, 2.24) is 4.98 Å². The molecule has 0 saturated carbocycles. The number of hydrogen-bond donors (Lipinski definition) is 2. The lowest BCUT2D eigenvalue weighted by atomic mass is 9.95. The summed E-state index contributed by atoms with van der Waals surface area (Å²) in [5.74, 6) is 0.755. The maximum Gasteiger partial charge on any atom is 0.149 e. The molecule has 0 aromatic carbocycles. The highest BCUT2D eigenvalue weighted by Crippen LogP contribution is 2.25. The summed E-state index contributed by atoms with van der Waals surface area (Å²) in [4.78, 5) is 4.23. The topological polar surface area (TPSA) is 60.2 Å². The molecule has 1 atom stereocenters. The minimum atomic E-state index is -0.0409. The normalized spacial score (nSPS) is 26.2. The van der Waals surface area contributed by atoms with Gasteiger partial charge in [-0.1, -0.05) is 0 Å². The molecule has 0 radical (unpaired) electrons. The Kier molecular flexibility index (Phi) is 2.77. The van der Waals surface area contributed by atoms with Crippen LogP contribution in [0.15, 0.2) is 18.3 Å². The molecule has 4 nitrogen and oxygen atoms in total. The number of nitrogens with zero attached hydrogens (tertiary/aromatic N) is 1. The van der Waals surface area contributed by atoms with Crippen LogP contribution in [0.3, 0.4) is 0 Å². The van der Waals surface area contributed by atoms with Gasteiger partial charge in [-0.15, -0.1) is 0 Å². The van der Waals surface area contributed by atoms with Gasteiger partial charge in [-0.2, -0.15) is 0 Å². The van der Waals surface area contributed by atoms with Crippen molar-refractivity contribution in [2.75, 3.05) is 24.3 Å². The van der Waals surface area contributed by atoms with Crippen LogP contribution in [0, 0.1) is 0 Å². The maximum atomic E-state index is 5.83. The standard InChI is InChI=1S/C11H17N3O/c1-11(5-3-7-15-8-11)14-10-9(12)4-2-6-13-10/h2,4,6H,3,5,7-8,12H2,1H3,(H,13,14). The molecule has 0 amide bonds. The number of nitrogens with one attached hydrogen (secondary N) is 1. The zero-order chi connectivity index (χ0) is 10.7. The van der Waals surface area contributed by atoms with Crippen molar-refractivity contribution >= 4 is 11.5 Å². The molecule has 1 unspecified atom stereocenters. The third-order valence-corrected chi connectivity index (χ3v) is 2.70. The molecule has 2 heterocycles. The Morgan fingerprint density at radius 3 is 3.13 bits per heavy atom. The molecule has 2 rings (SSSR count). The van der Waals surface area contributed by atoms with Gasteiger partial charge in [0, 0.05) is 12.8 Å². The number of nitrogens with two attached hydrogens (primary N) is 1. The van der Waals surface area contributed by atoms with E-state index in [0.717, 1.165) is 25.3 Å². The van der Waals surface area contributed by atoms with E-state index in [-0.39, 0.29) is 5.54 Å². The first-order valence-corrected chi connectivity index (χ1v) is 5.26. The van der Waals surface area contributed by atoms with E-state index < -0.39 is 0 Å². The lowest BCUT2D eigenvalue weighted by Gasteiger charge is -2.35. The van der Waals surface area contributed by atoms with Gasteiger partial charge in [0.15, 0.2) is 0 Å². The first-order chi connectivity index (χ1) is 7.20. The van der Waals surface area contributed by atoms with Crippen LogP contribution in [-0.2, 0) is 4.74 Å². The number of aromatic nitrogens is 1. The zero-order valence-corrected chi connectivity index (χ0v) is 8.99. The monoisotopic (exact) mass is 207 g/mol. The quantitative estimate of drug-likeness (QED) is 0.774. The number of ether oxygens (including phenoxy) is 1. The van der Waals surface area contributed by atoms with E-state index in [1.54, 1.807) is 6.20 Å². The van der Waals surface area contributed by atoms with Crippen LogP contribution < -0.4 is 11.1 Å². The SMILES string of the molecule is CC1(Nc2ncccc2N)CCCOC1. The van der Waals surface area contributed by atoms with E-state index in [0.29, 0.717) is 12.3 Å². The molecule has 0 aliphatic carbocycles. The van der Waals surface area contributed by atoms with Crippen LogP contribution in [0.2, 0.25) is 0 Å². The molecule has 82 valence electrons. The summed E-state index contributed by atoms with van der Waals surface area (Å²) in [7, 11) is 0. The van der Waals surface area contributed by atoms with Crippen molar-refractivity contribution in [1.29, 1.82) is 0 Å². The number of pyridine rings is 1. The molecule has 3 N–H and O–H groups in total. The van der Waals surface area contributed by atoms with Crippen LogP contribution in [0.25, 0.3) is 0 Å². The van der Waals surface area contributed by atoms with Crippen LogP contribution in [0.1, 0.15) is 19.8 Å². The number of anilines is 2. The summed E-state index contributed by atoms with van der Waals surface area (Å²) >= 11 is 0. The summed E-state index contributed by atoms with van der Waals surface area (Å²) in [6, 6.07) is 3.68. The highest BCUT2D eigenvalue weighted by atomic mass is 16.5. The molecule has 1 fully saturated rings. The summed E-state index contributed by atoms with van der Waals surface area (Å²) in [6.45, 7) is 3.71. The maximum absolute atomic E-state index is 5.83. The molecule has 4 heteroatoms. The number of hydrogen-bond acceptors (Lipinski definition) is 4. The van der Waals surface area contributed by atoms with E-state index in [1.165, 1.54) is 0 Å². The Balaban J connectivity index is 2.10. The van der Waals surface area contributed by atoms with E-state index in [2.05, 4.69) is 17.2 Å². The Morgan fingerprint density at radius 2 is 2.47 bits per heavy atom. The molecule has 0 bridgehead atoms. The first kappa shape index (κ1) is 10.2. The summed E-state index contributed by atoms with van der Waals surface area (Å²) in [5.41, 5.74) is 6.47. The fourth-order valence-corrected chi connectivity index (χ4v) is 1.84. The second-order valence-electron chi connectivity index (χ2n) is 4.28. The fourth-order valence-electron chi connectivity index (χ4n) is 1.84. The van der Waals surface area contributed by atoms with Gasteiger partial charge in [0.2, 0.25) is 0 Å². The molecule has 1 aliphatic rings. The molecular formula is C11H17N3O. The first-order valence-electron chi connectivity index (χ1n) is 5.26. The van der Waals surface area contributed by atoms with Crippen LogP contribution in [0.5, 0.6) is 0 Å². The largest absolute Gasteiger partial charge is 0.396 e. The minimum Gasteiger partial charge on any atom is -0.396 e. The number of rotatable bonds is 2. The smallest absolute Gasteiger partial charge is 0.149 e. The second-order valence-corrected chi connectivity index (χ2v) is 4.28. The van der Waals surface area contributed by atoms with E-state index in [9.17, 15) is 0 Å². The second kappa shape index (κ2) is 4.06. The van der Waals surface area contributed by atoms with Crippen LogP contribution in [0.4, 0.5) is 11.5 Å². The van der Waals surface area contributed by atoms with Gasteiger partial charge < -0.3 is 15.8 Å². The van der Waals surface area contributed by atoms with Crippen molar-refractivity contribution in [3.8, 4) is 0 Å². The van der Waals surface area contributed by atoms with Gasteiger partial charge in [0.05, 0.1) is 17.8 Å². The van der Waals surface area contributed by atoms with Crippen molar-refractivity contribution in [3.63, 3.8) is 0 Å². The molecule has 15 heavy (non-hydrogen) atoms. The summed E-state index contributed by atoms with van der Waals surface area (Å²) in [5, 5.41) is 3.36. The summed E-state index contributed by atoms with van der Waals surface area (Å²) in [6.07, 6.45) is 3.91. The Bertz CT molecular complexity index is 334. The van der Waals surface area contributed by atoms with Gasteiger partial charge in [0.1, 0.15) is 5.82 Å². The van der Waals surface area contributed by atoms with Gasteiger partial charge in [-0.25, -0.2) is 4.98 Å².